The predicted octanol–water partition coefficient (Wildman–Crippen LogP) is 0.211. The second-order valence-electron chi connectivity index (χ2n) is 3.38. The molecule has 0 radical (unpaired) electrons. The van der Waals surface area contributed by atoms with Crippen LogP contribution in [-0.2, 0) is 9.59 Å². The molecular formula is C7H12N2O3. The Bertz CT molecular complexity index is 227. The maximum Gasteiger partial charge on any atom is 0.394 e. The fraction of sp³-hybridized carbons (Fsp3) is 0.571. The minimum absolute atomic E-state index is 0.102. The maximum atomic E-state index is 10.5. The molecule has 0 fully saturated rings. The van der Waals surface area contributed by atoms with Crippen LogP contribution < -0.4 is 5.32 Å². The summed E-state index contributed by atoms with van der Waals surface area (Å²) in [4.78, 5) is 20.6. The lowest BCUT2D eigenvalue weighted by molar-refractivity contribution is -0.149. The Morgan fingerprint density at radius 3 is 2.00 bits per heavy atom. The highest BCUT2D eigenvalue weighted by Gasteiger charge is 2.21. The van der Waals surface area contributed by atoms with E-state index in [-0.39, 0.29) is 5.84 Å². The van der Waals surface area contributed by atoms with Crippen molar-refractivity contribution in [1.82, 2.24) is 5.32 Å². The van der Waals surface area contributed by atoms with E-state index in [1.165, 1.54) is 0 Å². The van der Waals surface area contributed by atoms with Gasteiger partial charge in [-0.2, -0.15) is 0 Å². The monoisotopic (exact) mass is 172 g/mol. The number of carboxylic acids is 1. The second kappa shape index (κ2) is 3.34. The van der Waals surface area contributed by atoms with Crippen molar-refractivity contribution in [3.8, 4) is 0 Å². The van der Waals surface area contributed by atoms with Crippen LogP contribution in [0, 0.1) is 10.8 Å². The summed E-state index contributed by atoms with van der Waals surface area (Å²) in [6.07, 6.45) is 0. The van der Waals surface area contributed by atoms with E-state index in [4.69, 9.17) is 10.5 Å². The number of carboxylic acid groups (broad SMARTS) is 1. The summed E-state index contributed by atoms with van der Waals surface area (Å²) in [5, 5.41) is 17.4. The first-order chi connectivity index (χ1) is 5.25. The molecule has 0 saturated carbocycles. The third kappa shape index (κ3) is 3.14. The van der Waals surface area contributed by atoms with E-state index in [0.717, 1.165) is 0 Å². The lowest BCUT2D eigenvalue weighted by Crippen LogP contribution is -2.41. The molecule has 0 saturated heterocycles. The number of carbonyl (C=O) groups is 2. The van der Waals surface area contributed by atoms with Crippen molar-refractivity contribution in [3.05, 3.63) is 0 Å². The summed E-state index contributed by atoms with van der Waals surface area (Å²) in [5.74, 6) is -2.85. The third-order valence-corrected chi connectivity index (χ3v) is 1.18. The zero-order valence-electron chi connectivity index (χ0n) is 7.26. The number of hydrogen-bond donors (Lipinski definition) is 3. The van der Waals surface area contributed by atoms with Crippen LogP contribution in [0.2, 0.25) is 0 Å². The molecule has 1 amide bonds. The Kier molecular flexibility index (Phi) is 2.95. The lowest BCUT2D eigenvalue weighted by Gasteiger charge is -2.18. The van der Waals surface area contributed by atoms with Gasteiger partial charge in [0.05, 0.1) is 0 Å². The molecule has 0 heterocycles. The van der Waals surface area contributed by atoms with Crippen LogP contribution in [0.4, 0.5) is 0 Å². The summed E-state index contributed by atoms with van der Waals surface area (Å²) < 4.78 is 0. The van der Waals surface area contributed by atoms with Crippen molar-refractivity contribution >= 4 is 17.7 Å². The molecule has 0 aromatic heterocycles. The molecule has 0 rings (SSSR count). The van der Waals surface area contributed by atoms with Gasteiger partial charge in [-0.3, -0.25) is 10.2 Å². The molecule has 0 aromatic carbocycles. The van der Waals surface area contributed by atoms with Crippen LogP contribution in [0.3, 0.4) is 0 Å². The van der Waals surface area contributed by atoms with Crippen LogP contribution in [0.5, 0.6) is 0 Å². The Balaban J connectivity index is 4.21. The van der Waals surface area contributed by atoms with E-state index >= 15 is 0 Å². The molecule has 0 aliphatic heterocycles. The number of hydrogen-bond acceptors (Lipinski definition) is 3. The van der Waals surface area contributed by atoms with Crippen molar-refractivity contribution in [2.24, 2.45) is 5.41 Å². The predicted molar refractivity (Wildman–Crippen MR) is 43.0 cm³/mol. The standard InChI is InChI=1S/C7H12N2O3/c1-7(2,3)6(8)9-4(10)5(11)12/h1-3H3,(H,11,12)(H2,8,9,10). The van der Waals surface area contributed by atoms with Crippen molar-refractivity contribution in [3.63, 3.8) is 0 Å². The van der Waals surface area contributed by atoms with Gasteiger partial charge >= 0.3 is 11.9 Å². The first kappa shape index (κ1) is 10.6. The number of rotatable bonds is 0. The van der Waals surface area contributed by atoms with Crippen LogP contribution in [-0.4, -0.2) is 22.8 Å². The lowest BCUT2D eigenvalue weighted by atomic mass is 9.95. The Morgan fingerprint density at radius 1 is 1.33 bits per heavy atom. The van der Waals surface area contributed by atoms with Crippen LogP contribution >= 0.6 is 0 Å². The van der Waals surface area contributed by atoms with E-state index < -0.39 is 17.3 Å². The Morgan fingerprint density at radius 2 is 1.75 bits per heavy atom. The van der Waals surface area contributed by atoms with E-state index in [1.54, 1.807) is 20.8 Å². The normalized spacial score (nSPS) is 10.6. The molecule has 0 atom stereocenters. The first-order valence-corrected chi connectivity index (χ1v) is 3.38. The first-order valence-electron chi connectivity index (χ1n) is 3.38. The van der Waals surface area contributed by atoms with E-state index in [0.29, 0.717) is 0 Å². The van der Waals surface area contributed by atoms with Crippen LogP contribution in [0.25, 0.3) is 0 Å². The van der Waals surface area contributed by atoms with Gasteiger partial charge < -0.3 is 10.4 Å². The molecule has 68 valence electrons. The summed E-state index contributed by atoms with van der Waals surface area (Å²) >= 11 is 0. The summed E-state index contributed by atoms with van der Waals surface area (Å²) in [5.41, 5.74) is -0.537. The van der Waals surface area contributed by atoms with Crippen molar-refractivity contribution in [2.75, 3.05) is 0 Å². The molecule has 12 heavy (non-hydrogen) atoms. The SMILES string of the molecule is CC(C)(C)C(=N)NC(=O)C(=O)O. The average molecular weight is 172 g/mol. The maximum absolute atomic E-state index is 10.5. The zero-order chi connectivity index (χ0) is 9.94. The molecule has 3 N–H and O–H groups in total. The average Bonchev–Trinajstić information content (AvgIpc) is 1.85. The Labute approximate surface area is 70.3 Å². The molecule has 0 aliphatic carbocycles. The van der Waals surface area contributed by atoms with Gasteiger partial charge in [-0.15, -0.1) is 0 Å². The van der Waals surface area contributed by atoms with Gasteiger partial charge in [0.2, 0.25) is 0 Å². The number of aliphatic carboxylic acids is 1. The smallest absolute Gasteiger partial charge is 0.394 e. The Hall–Kier alpha value is -1.39. The van der Waals surface area contributed by atoms with Gasteiger partial charge in [-0.1, -0.05) is 20.8 Å². The van der Waals surface area contributed by atoms with Crippen LogP contribution in [0.15, 0.2) is 0 Å². The van der Waals surface area contributed by atoms with Gasteiger partial charge in [0.25, 0.3) is 0 Å². The van der Waals surface area contributed by atoms with Crippen LogP contribution in [0.1, 0.15) is 20.8 Å². The van der Waals surface area contributed by atoms with Gasteiger partial charge in [0.1, 0.15) is 5.84 Å². The highest BCUT2D eigenvalue weighted by molar-refractivity contribution is 6.34. The van der Waals surface area contributed by atoms with E-state index in [9.17, 15) is 9.59 Å². The number of carbonyl (C=O) groups excluding carboxylic acids is 1. The summed E-state index contributed by atoms with van der Waals surface area (Å²) in [6.45, 7) is 5.12. The largest absolute Gasteiger partial charge is 0.474 e. The molecule has 0 aliphatic rings. The summed E-state index contributed by atoms with van der Waals surface area (Å²) in [7, 11) is 0. The number of amidine groups is 1. The van der Waals surface area contributed by atoms with Gasteiger partial charge in [-0.05, 0) is 0 Å². The zero-order valence-corrected chi connectivity index (χ0v) is 7.26. The minimum atomic E-state index is -1.58. The minimum Gasteiger partial charge on any atom is -0.474 e. The third-order valence-electron chi connectivity index (χ3n) is 1.18. The molecule has 0 bridgehead atoms. The molecule has 0 unspecified atom stereocenters. The second-order valence-corrected chi connectivity index (χ2v) is 3.38. The fourth-order valence-corrected chi connectivity index (χ4v) is 0.354. The van der Waals surface area contributed by atoms with Gasteiger partial charge in [0.15, 0.2) is 0 Å². The van der Waals surface area contributed by atoms with E-state index in [2.05, 4.69) is 0 Å². The fourth-order valence-electron chi connectivity index (χ4n) is 0.354. The number of nitrogens with one attached hydrogen (secondary N) is 2. The molecular weight excluding hydrogens is 160 g/mol. The topological polar surface area (TPSA) is 90.3 Å². The van der Waals surface area contributed by atoms with Crippen molar-refractivity contribution < 1.29 is 14.7 Å². The van der Waals surface area contributed by atoms with Gasteiger partial charge in [0, 0.05) is 5.41 Å². The molecule has 0 spiro atoms. The highest BCUT2D eigenvalue weighted by Crippen LogP contribution is 2.12. The van der Waals surface area contributed by atoms with Crippen molar-refractivity contribution in [1.29, 1.82) is 5.41 Å². The number of amides is 1. The summed E-state index contributed by atoms with van der Waals surface area (Å²) in [6, 6.07) is 0. The quantitative estimate of drug-likeness (QED) is 0.277. The molecule has 5 heteroatoms. The molecule has 5 nitrogen and oxygen atoms in total. The van der Waals surface area contributed by atoms with Gasteiger partial charge in [-0.25, -0.2) is 4.79 Å². The van der Waals surface area contributed by atoms with Crippen molar-refractivity contribution in [2.45, 2.75) is 20.8 Å². The molecule has 0 aromatic rings. The van der Waals surface area contributed by atoms with E-state index in [1.807, 2.05) is 5.32 Å². The highest BCUT2D eigenvalue weighted by atomic mass is 16.4.